The fourth-order valence-corrected chi connectivity index (χ4v) is 2.06. The van der Waals surface area contributed by atoms with Crippen LogP contribution in [0.15, 0.2) is 23.6 Å². The Hall–Kier alpha value is -1.88. The first-order valence-corrected chi connectivity index (χ1v) is 6.38. The number of carbonyl (C=O) groups excluding carboxylic acids is 1. The van der Waals surface area contributed by atoms with Gasteiger partial charge in [-0.05, 0) is 31.5 Å². The summed E-state index contributed by atoms with van der Waals surface area (Å²) in [7, 11) is 0. The molecule has 0 aliphatic heterocycles. The van der Waals surface area contributed by atoms with Gasteiger partial charge < -0.3 is 10.5 Å². The Morgan fingerprint density at radius 1 is 1.44 bits per heavy atom. The monoisotopic (exact) mass is 262 g/mol. The third kappa shape index (κ3) is 2.87. The second kappa shape index (κ2) is 5.18. The topological polar surface area (TPSA) is 65.2 Å². The Kier molecular flexibility index (Phi) is 3.62. The molecular formula is C13H14N2O2S. The van der Waals surface area contributed by atoms with Crippen LogP contribution in [0.2, 0.25) is 0 Å². The minimum atomic E-state index is -0.382. The number of thiazole rings is 1. The standard InChI is InChI=1S/C13H14N2O2S/c1-8-3-4-10(5-12(8)14)13(16)17-6-11-7-18-9(2)15-11/h3-5,7H,6,14H2,1-2H3. The Bertz CT molecular complexity index is 578. The molecule has 0 bridgehead atoms. The van der Waals surface area contributed by atoms with E-state index < -0.39 is 0 Å². The largest absolute Gasteiger partial charge is 0.456 e. The van der Waals surface area contributed by atoms with Gasteiger partial charge in [0.1, 0.15) is 6.61 Å². The van der Waals surface area contributed by atoms with E-state index in [0.717, 1.165) is 16.3 Å². The molecule has 94 valence electrons. The smallest absolute Gasteiger partial charge is 0.338 e. The van der Waals surface area contributed by atoms with Gasteiger partial charge in [-0.1, -0.05) is 6.07 Å². The predicted molar refractivity (Wildman–Crippen MR) is 71.6 cm³/mol. The van der Waals surface area contributed by atoms with Crippen LogP contribution in [-0.4, -0.2) is 11.0 Å². The van der Waals surface area contributed by atoms with Crippen molar-refractivity contribution in [3.05, 3.63) is 45.4 Å². The molecule has 0 aliphatic rings. The van der Waals surface area contributed by atoms with Crippen molar-refractivity contribution < 1.29 is 9.53 Å². The molecule has 2 aromatic rings. The number of aryl methyl sites for hydroxylation is 2. The van der Waals surface area contributed by atoms with Crippen LogP contribution in [0.4, 0.5) is 5.69 Å². The van der Waals surface area contributed by atoms with Crippen LogP contribution in [0.1, 0.15) is 26.6 Å². The van der Waals surface area contributed by atoms with E-state index in [1.165, 1.54) is 11.3 Å². The Labute approximate surface area is 109 Å². The lowest BCUT2D eigenvalue weighted by molar-refractivity contribution is 0.0468. The van der Waals surface area contributed by atoms with E-state index >= 15 is 0 Å². The summed E-state index contributed by atoms with van der Waals surface area (Å²) < 4.78 is 5.17. The fourth-order valence-electron chi connectivity index (χ4n) is 1.46. The van der Waals surface area contributed by atoms with E-state index in [2.05, 4.69) is 4.98 Å². The second-order valence-electron chi connectivity index (χ2n) is 4.01. The molecule has 18 heavy (non-hydrogen) atoms. The molecule has 0 saturated heterocycles. The molecule has 0 unspecified atom stereocenters. The molecule has 2 N–H and O–H groups in total. The molecule has 0 amide bonds. The highest BCUT2D eigenvalue weighted by Crippen LogP contribution is 2.15. The number of hydrogen-bond donors (Lipinski definition) is 1. The molecule has 1 aromatic heterocycles. The normalized spacial score (nSPS) is 10.3. The summed E-state index contributed by atoms with van der Waals surface area (Å²) in [5, 5.41) is 2.84. The number of hydrogen-bond acceptors (Lipinski definition) is 5. The van der Waals surface area contributed by atoms with Gasteiger partial charge in [-0.15, -0.1) is 11.3 Å². The van der Waals surface area contributed by atoms with Crippen molar-refractivity contribution in [1.82, 2.24) is 4.98 Å². The van der Waals surface area contributed by atoms with E-state index in [0.29, 0.717) is 11.3 Å². The Morgan fingerprint density at radius 3 is 2.83 bits per heavy atom. The maximum absolute atomic E-state index is 11.8. The SMILES string of the molecule is Cc1nc(COC(=O)c2ccc(C)c(N)c2)cs1. The zero-order valence-electron chi connectivity index (χ0n) is 10.3. The maximum atomic E-state index is 11.8. The molecule has 0 atom stereocenters. The Morgan fingerprint density at radius 2 is 2.22 bits per heavy atom. The summed E-state index contributed by atoms with van der Waals surface area (Å²) in [6.45, 7) is 4.00. The molecule has 1 aromatic carbocycles. The number of anilines is 1. The van der Waals surface area contributed by atoms with E-state index in [1.54, 1.807) is 18.2 Å². The van der Waals surface area contributed by atoms with Crippen molar-refractivity contribution in [2.45, 2.75) is 20.5 Å². The summed E-state index contributed by atoms with van der Waals surface area (Å²) in [6, 6.07) is 5.14. The zero-order valence-corrected chi connectivity index (χ0v) is 11.1. The number of nitrogens with two attached hydrogens (primary N) is 1. The van der Waals surface area contributed by atoms with Crippen molar-refractivity contribution in [3.63, 3.8) is 0 Å². The van der Waals surface area contributed by atoms with E-state index in [1.807, 2.05) is 19.2 Å². The third-order valence-corrected chi connectivity index (χ3v) is 3.35. The molecular weight excluding hydrogens is 248 g/mol. The van der Waals surface area contributed by atoms with Crippen LogP contribution in [-0.2, 0) is 11.3 Å². The fraction of sp³-hybridized carbons (Fsp3) is 0.231. The minimum Gasteiger partial charge on any atom is -0.456 e. The number of ether oxygens (including phenoxy) is 1. The summed E-state index contributed by atoms with van der Waals surface area (Å²) in [6.07, 6.45) is 0. The molecule has 0 saturated carbocycles. The first kappa shape index (κ1) is 12.6. The van der Waals surface area contributed by atoms with Crippen LogP contribution in [0.3, 0.4) is 0 Å². The highest BCUT2D eigenvalue weighted by molar-refractivity contribution is 7.09. The van der Waals surface area contributed by atoms with Gasteiger partial charge in [0.2, 0.25) is 0 Å². The van der Waals surface area contributed by atoms with Gasteiger partial charge in [-0.25, -0.2) is 9.78 Å². The van der Waals surface area contributed by atoms with Crippen LogP contribution in [0.5, 0.6) is 0 Å². The molecule has 0 fully saturated rings. The van der Waals surface area contributed by atoms with Gasteiger partial charge >= 0.3 is 5.97 Å². The van der Waals surface area contributed by atoms with Gasteiger partial charge in [0, 0.05) is 11.1 Å². The van der Waals surface area contributed by atoms with Crippen molar-refractivity contribution in [2.75, 3.05) is 5.73 Å². The van der Waals surface area contributed by atoms with Crippen LogP contribution in [0.25, 0.3) is 0 Å². The minimum absolute atomic E-state index is 0.191. The van der Waals surface area contributed by atoms with Crippen LogP contribution < -0.4 is 5.73 Å². The third-order valence-electron chi connectivity index (χ3n) is 2.53. The number of carbonyl (C=O) groups is 1. The number of esters is 1. The van der Waals surface area contributed by atoms with Crippen molar-refractivity contribution in [2.24, 2.45) is 0 Å². The molecule has 0 spiro atoms. The molecule has 0 aliphatic carbocycles. The number of benzene rings is 1. The zero-order chi connectivity index (χ0) is 13.1. The first-order chi connectivity index (χ1) is 8.56. The average molecular weight is 262 g/mol. The van der Waals surface area contributed by atoms with Gasteiger partial charge in [-0.3, -0.25) is 0 Å². The first-order valence-electron chi connectivity index (χ1n) is 5.50. The van der Waals surface area contributed by atoms with E-state index in [9.17, 15) is 4.79 Å². The summed E-state index contributed by atoms with van der Waals surface area (Å²) in [4.78, 5) is 16.0. The molecule has 4 nitrogen and oxygen atoms in total. The van der Waals surface area contributed by atoms with Crippen LogP contribution >= 0.6 is 11.3 Å². The number of rotatable bonds is 3. The van der Waals surface area contributed by atoms with Gasteiger partial charge in [0.25, 0.3) is 0 Å². The summed E-state index contributed by atoms with van der Waals surface area (Å²) in [5.41, 5.74) is 8.52. The lowest BCUT2D eigenvalue weighted by atomic mass is 10.1. The predicted octanol–water partition coefficient (Wildman–Crippen LogP) is 2.70. The Balaban J connectivity index is 2.01. The summed E-state index contributed by atoms with van der Waals surface area (Å²) >= 11 is 1.53. The van der Waals surface area contributed by atoms with E-state index in [-0.39, 0.29) is 12.6 Å². The summed E-state index contributed by atoms with van der Waals surface area (Å²) in [5.74, 6) is -0.382. The van der Waals surface area contributed by atoms with Crippen molar-refractivity contribution in [3.8, 4) is 0 Å². The second-order valence-corrected chi connectivity index (χ2v) is 5.07. The molecule has 5 heteroatoms. The molecule has 1 heterocycles. The number of nitrogens with zero attached hydrogens (tertiary/aromatic N) is 1. The number of nitrogen functional groups attached to an aromatic ring is 1. The quantitative estimate of drug-likeness (QED) is 0.682. The van der Waals surface area contributed by atoms with Crippen molar-refractivity contribution in [1.29, 1.82) is 0 Å². The number of aromatic nitrogens is 1. The molecule has 0 radical (unpaired) electrons. The van der Waals surface area contributed by atoms with Gasteiger partial charge in [0.15, 0.2) is 0 Å². The average Bonchev–Trinajstić information content (AvgIpc) is 2.75. The highest BCUT2D eigenvalue weighted by atomic mass is 32.1. The highest BCUT2D eigenvalue weighted by Gasteiger charge is 2.09. The van der Waals surface area contributed by atoms with Crippen LogP contribution in [0, 0.1) is 13.8 Å². The van der Waals surface area contributed by atoms with Gasteiger partial charge in [0.05, 0.1) is 16.3 Å². The van der Waals surface area contributed by atoms with Gasteiger partial charge in [-0.2, -0.15) is 0 Å². The lowest BCUT2D eigenvalue weighted by Gasteiger charge is -2.05. The van der Waals surface area contributed by atoms with E-state index in [4.69, 9.17) is 10.5 Å². The van der Waals surface area contributed by atoms with Crippen molar-refractivity contribution >= 4 is 23.0 Å². The molecule has 2 rings (SSSR count). The maximum Gasteiger partial charge on any atom is 0.338 e. The lowest BCUT2D eigenvalue weighted by Crippen LogP contribution is -2.06.